The van der Waals surface area contributed by atoms with Crippen LogP contribution in [0.1, 0.15) is 60.7 Å². The van der Waals surface area contributed by atoms with Gasteiger partial charge in [-0.2, -0.15) is 0 Å². The molecule has 0 N–H and O–H groups in total. The molecule has 0 fully saturated rings. The van der Waals surface area contributed by atoms with Gasteiger partial charge in [-0.05, 0) is 45.1 Å². The molecule has 0 saturated carbocycles. The van der Waals surface area contributed by atoms with Gasteiger partial charge in [0.25, 0.3) is 0 Å². The summed E-state index contributed by atoms with van der Waals surface area (Å²) in [4.78, 5) is 22.8. The lowest BCUT2D eigenvalue weighted by Crippen LogP contribution is -2.11. The quantitative estimate of drug-likeness (QED) is 0.404. The molecule has 0 heterocycles. The third-order valence-corrected chi connectivity index (χ3v) is 3.36. The van der Waals surface area contributed by atoms with Crippen molar-refractivity contribution in [3.63, 3.8) is 0 Å². The van der Waals surface area contributed by atoms with Gasteiger partial charge in [0.05, 0.1) is 12.2 Å². The van der Waals surface area contributed by atoms with Crippen molar-refractivity contribution in [2.75, 3.05) is 6.61 Å². The standard InChI is InChI=1S/C18H24O3/c1-14(2)7-6-8-15(3)11-12-21-18(20)17-10-5-4-9-16(17)13-19/h4-5,7,9-10,13,15H,6,8,11-12H2,1-3H3/t15-/m0/s1. The van der Waals surface area contributed by atoms with Gasteiger partial charge < -0.3 is 4.74 Å². The maximum absolute atomic E-state index is 11.9. The summed E-state index contributed by atoms with van der Waals surface area (Å²) in [7, 11) is 0. The van der Waals surface area contributed by atoms with E-state index in [0.29, 0.717) is 29.9 Å². The van der Waals surface area contributed by atoms with Crippen LogP contribution in [0.25, 0.3) is 0 Å². The van der Waals surface area contributed by atoms with Gasteiger partial charge in [0.1, 0.15) is 0 Å². The summed E-state index contributed by atoms with van der Waals surface area (Å²) in [5.41, 5.74) is 2.04. The van der Waals surface area contributed by atoms with E-state index in [-0.39, 0.29) is 0 Å². The predicted octanol–water partition coefficient (Wildman–Crippen LogP) is 4.43. The van der Waals surface area contributed by atoms with Gasteiger partial charge in [-0.3, -0.25) is 4.79 Å². The summed E-state index contributed by atoms with van der Waals surface area (Å²) >= 11 is 0. The zero-order chi connectivity index (χ0) is 15.7. The maximum Gasteiger partial charge on any atom is 0.338 e. The second-order valence-electron chi connectivity index (χ2n) is 5.59. The number of hydrogen-bond donors (Lipinski definition) is 0. The molecule has 0 aromatic heterocycles. The van der Waals surface area contributed by atoms with E-state index in [9.17, 15) is 9.59 Å². The number of esters is 1. The van der Waals surface area contributed by atoms with Gasteiger partial charge in [0, 0.05) is 5.56 Å². The van der Waals surface area contributed by atoms with Crippen LogP contribution in [0.2, 0.25) is 0 Å². The Balaban J connectivity index is 2.36. The number of benzene rings is 1. The predicted molar refractivity (Wildman–Crippen MR) is 84.6 cm³/mol. The van der Waals surface area contributed by atoms with Gasteiger partial charge in [-0.25, -0.2) is 4.79 Å². The first-order valence-corrected chi connectivity index (χ1v) is 7.39. The Labute approximate surface area is 127 Å². The SMILES string of the molecule is CC(C)=CCC[C@H](C)CCOC(=O)c1ccccc1C=O. The van der Waals surface area contributed by atoms with Crippen LogP contribution in [0, 0.1) is 5.92 Å². The molecule has 1 aromatic rings. The number of carbonyl (C=O) groups is 2. The zero-order valence-electron chi connectivity index (χ0n) is 13.1. The molecule has 0 bridgehead atoms. The van der Waals surface area contributed by atoms with E-state index in [2.05, 4.69) is 26.8 Å². The number of carbonyl (C=O) groups excluding carboxylic acids is 2. The molecule has 1 aromatic carbocycles. The largest absolute Gasteiger partial charge is 0.462 e. The average molecular weight is 288 g/mol. The molecule has 0 aliphatic rings. The fourth-order valence-electron chi connectivity index (χ4n) is 2.02. The van der Waals surface area contributed by atoms with E-state index in [0.717, 1.165) is 19.3 Å². The van der Waals surface area contributed by atoms with Crippen LogP contribution in [0.4, 0.5) is 0 Å². The molecule has 3 nitrogen and oxygen atoms in total. The average Bonchev–Trinajstić information content (AvgIpc) is 2.46. The van der Waals surface area contributed by atoms with Crippen molar-refractivity contribution in [1.29, 1.82) is 0 Å². The third kappa shape index (κ3) is 6.39. The molecule has 0 aliphatic heterocycles. The molecule has 0 unspecified atom stereocenters. The van der Waals surface area contributed by atoms with E-state index >= 15 is 0 Å². The molecule has 0 amide bonds. The lowest BCUT2D eigenvalue weighted by Gasteiger charge is -2.11. The topological polar surface area (TPSA) is 43.4 Å². The first kappa shape index (κ1) is 17.2. The molecule has 3 heteroatoms. The monoisotopic (exact) mass is 288 g/mol. The first-order valence-electron chi connectivity index (χ1n) is 7.39. The molecule has 0 spiro atoms. The Bertz CT molecular complexity index is 499. The van der Waals surface area contributed by atoms with Crippen LogP contribution < -0.4 is 0 Å². The Morgan fingerprint density at radius 2 is 1.95 bits per heavy atom. The molecule has 114 valence electrons. The summed E-state index contributed by atoms with van der Waals surface area (Å²) in [6.07, 6.45) is 5.89. The van der Waals surface area contributed by atoms with Crippen molar-refractivity contribution in [2.24, 2.45) is 5.92 Å². The number of hydrogen-bond acceptors (Lipinski definition) is 3. The van der Waals surface area contributed by atoms with Gasteiger partial charge in [0.2, 0.25) is 0 Å². The summed E-state index contributed by atoms with van der Waals surface area (Å²) in [6, 6.07) is 6.69. The van der Waals surface area contributed by atoms with Gasteiger partial charge in [-0.1, -0.05) is 36.8 Å². The van der Waals surface area contributed by atoms with Crippen LogP contribution in [0.5, 0.6) is 0 Å². The number of allylic oxidation sites excluding steroid dienone is 2. The van der Waals surface area contributed by atoms with Gasteiger partial charge >= 0.3 is 5.97 Å². The second-order valence-corrected chi connectivity index (χ2v) is 5.59. The minimum atomic E-state index is -0.422. The highest BCUT2D eigenvalue weighted by molar-refractivity contribution is 5.98. The highest BCUT2D eigenvalue weighted by Gasteiger charge is 2.12. The minimum Gasteiger partial charge on any atom is -0.462 e. The minimum absolute atomic E-state index is 0.338. The van der Waals surface area contributed by atoms with Crippen molar-refractivity contribution < 1.29 is 14.3 Å². The number of rotatable bonds is 8. The van der Waals surface area contributed by atoms with Crippen LogP contribution in [0.3, 0.4) is 0 Å². The molecule has 0 saturated heterocycles. The molecule has 0 radical (unpaired) electrons. The van der Waals surface area contributed by atoms with Crippen LogP contribution in [-0.2, 0) is 4.74 Å². The number of aldehydes is 1. The highest BCUT2D eigenvalue weighted by Crippen LogP contribution is 2.13. The van der Waals surface area contributed by atoms with Crippen LogP contribution >= 0.6 is 0 Å². The lowest BCUT2D eigenvalue weighted by atomic mass is 10.0. The van der Waals surface area contributed by atoms with Gasteiger partial charge in [-0.15, -0.1) is 0 Å². The molecule has 1 rings (SSSR count). The van der Waals surface area contributed by atoms with Crippen LogP contribution in [-0.4, -0.2) is 18.9 Å². The summed E-state index contributed by atoms with van der Waals surface area (Å²) in [5, 5.41) is 0. The van der Waals surface area contributed by atoms with Crippen molar-refractivity contribution in [3.05, 3.63) is 47.0 Å². The molecular weight excluding hydrogens is 264 g/mol. The van der Waals surface area contributed by atoms with E-state index in [1.54, 1.807) is 24.3 Å². The Morgan fingerprint density at radius 3 is 2.62 bits per heavy atom. The Kier molecular flexibility index (Phi) is 7.44. The van der Waals surface area contributed by atoms with E-state index in [4.69, 9.17) is 4.74 Å². The fraction of sp³-hybridized carbons (Fsp3) is 0.444. The third-order valence-electron chi connectivity index (χ3n) is 3.36. The summed E-state index contributed by atoms with van der Waals surface area (Å²) in [5.74, 6) is 0.0870. The summed E-state index contributed by atoms with van der Waals surface area (Å²) in [6.45, 7) is 6.74. The van der Waals surface area contributed by atoms with E-state index in [1.165, 1.54) is 5.57 Å². The Morgan fingerprint density at radius 1 is 1.24 bits per heavy atom. The molecule has 0 aliphatic carbocycles. The second kappa shape index (κ2) is 9.11. The van der Waals surface area contributed by atoms with Gasteiger partial charge in [0.15, 0.2) is 6.29 Å². The van der Waals surface area contributed by atoms with Crippen LogP contribution in [0.15, 0.2) is 35.9 Å². The zero-order valence-corrected chi connectivity index (χ0v) is 13.1. The van der Waals surface area contributed by atoms with Crippen molar-refractivity contribution in [2.45, 2.75) is 40.0 Å². The van der Waals surface area contributed by atoms with Crippen molar-refractivity contribution in [3.8, 4) is 0 Å². The molecule has 1 atom stereocenters. The van der Waals surface area contributed by atoms with E-state index < -0.39 is 5.97 Å². The molecular formula is C18H24O3. The maximum atomic E-state index is 11.9. The normalized spacial score (nSPS) is 11.6. The van der Waals surface area contributed by atoms with E-state index in [1.807, 2.05) is 0 Å². The summed E-state index contributed by atoms with van der Waals surface area (Å²) < 4.78 is 5.26. The Hall–Kier alpha value is -1.90. The fourth-order valence-corrected chi connectivity index (χ4v) is 2.02. The highest BCUT2D eigenvalue weighted by atomic mass is 16.5. The van der Waals surface area contributed by atoms with Crippen molar-refractivity contribution >= 4 is 12.3 Å². The first-order chi connectivity index (χ1) is 10.0. The lowest BCUT2D eigenvalue weighted by molar-refractivity contribution is 0.0482. The molecule has 21 heavy (non-hydrogen) atoms. The smallest absolute Gasteiger partial charge is 0.338 e. The number of ether oxygens (including phenoxy) is 1. The van der Waals surface area contributed by atoms with Crippen molar-refractivity contribution in [1.82, 2.24) is 0 Å².